The number of para-hydroxylation sites is 1. The van der Waals surface area contributed by atoms with Crippen molar-refractivity contribution in [3.63, 3.8) is 0 Å². The van der Waals surface area contributed by atoms with E-state index in [1.165, 1.54) is 23.8 Å². The predicted molar refractivity (Wildman–Crippen MR) is 234 cm³/mol. The molecule has 1 amide bonds. The molecule has 1 unspecified atom stereocenters. The highest BCUT2D eigenvalue weighted by Gasteiger charge is 2.30. The number of carbonyl (C=O) groups excluding carboxylic acids is 1. The van der Waals surface area contributed by atoms with Gasteiger partial charge in [0.25, 0.3) is 21.6 Å². The van der Waals surface area contributed by atoms with Gasteiger partial charge in [-0.05, 0) is 103 Å². The second kappa shape index (κ2) is 17.7. The minimum Gasteiger partial charge on any atom is -0.454 e. The summed E-state index contributed by atoms with van der Waals surface area (Å²) >= 11 is 6.19. The zero-order valence-corrected chi connectivity index (χ0v) is 34.5. The number of benzene rings is 5. The third-order valence-electron chi connectivity index (χ3n) is 11.4. The first-order chi connectivity index (χ1) is 29.0. The largest absolute Gasteiger partial charge is 0.454 e. The van der Waals surface area contributed by atoms with Crippen LogP contribution in [0.1, 0.15) is 41.7 Å². The van der Waals surface area contributed by atoms with Crippen molar-refractivity contribution in [1.29, 1.82) is 0 Å². The molecule has 0 saturated carbocycles. The van der Waals surface area contributed by atoms with E-state index < -0.39 is 31.4 Å². The van der Waals surface area contributed by atoms with Gasteiger partial charge in [-0.2, -0.15) is 0 Å². The second-order valence-corrected chi connectivity index (χ2v) is 17.2. The van der Waals surface area contributed by atoms with Crippen molar-refractivity contribution in [2.75, 3.05) is 56.2 Å². The second-order valence-electron chi connectivity index (χ2n) is 15.1. The molecule has 5 aromatic carbocycles. The summed E-state index contributed by atoms with van der Waals surface area (Å²) in [5, 5.41) is 16.8. The van der Waals surface area contributed by atoms with Gasteiger partial charge >= 0.3 is 0 Å². The molecule has 0 bridgehead atoms. The highest BCUT2D eigenvalue weighted by atomic mass is 35.5. The molecule has 2 saturated heterocycles. The normalized spacial score (nSPS) is 15.7. The molecule has 3 heterocycles. The number of aromatic amines is 1. The average molecular weight is 849 g/mol. The molecule has 0 radical (unpaired) electrons. The van der Waals surface area contributed by atoms with E-state index in [1.807, 2.05) is 60.8 Å². The standard InChI is InChI=1S/C45H45ClN6O7S/c1-30(37-5-2-3-6-38(37)32-9-11-34(46)12-10-32)50-21-23-51(24-22-50)42-8-4-7-39(44(42)59-35-13-15-40-33(27-35)17-20-47-40)45(53)49-60(56,57)36-14-16-41(43(28-36)52(54)55)48-29-31-18-25-58-26-19-31/h2-17,20,27-28,30-31,47-48H,18-19,21-26,29H2,1H3,(H,49,53). The Hall–Kier alpha value is -5.93. The Morgan fingerprint density at radius 2 is 1.72 bits per heavy atom. The maximum Gasteiger partial charge on any atom is 0.293 e. The maximum atomic E-state index is 14.1. The zero-order chi connectivity index (χ0) is 41.8. The van der Waals surface area contributed by atoms with E-state index in [4.69, 9.17) is 21.1 Å². The van der Waals surface area contributed by atoms with Crippen LogP contribution in [0.4, 0.5) is 17.1 Å². The van der Waals surface area contributed by atoms with Gasteiger partial charge in [-0.3, -0.25) is 19.8 Å². The average Bonchev–Trinajstić information content (AvgIpc) is 3.74. The topological polar surface area (TPSA) is 159 Å². The molecule has 13 nitrogen and oxygen atoms in total. The van der Waals surface area contributed by atoms with Crippen molar-refractivity contribution < 1.29 is 27.6 Å². The Labute approximate surface area is 353 Å². The Balaban J connectivity index is 1.04. The van der Waals surface area contributed by atoms with Gasteiger partial charge in [0.05, 0.1) is 21.1 Å². The number of amides is 1. The molecule has 2 aliphatic heterocycles. The zero-order valence-electron chi connectivity index (χ0n) is 33.0. The number of sulfonamides is 1. The van der Waals surface area contributed by atoms with Crippen molar-refractivity contribution in [3.8, 4) is 22.6 Å². The van der Waals surface area contributed by atoms with Crippen molar-refractivity contribution in [1.82, 2.24) is 14.6 Å². The van der Waals surface area contributed by atoms with Gasteiger partial charge in [-0.25, -0.2) is 13.1 Å². The Kier molecular flexibility index (Phi) is 12.1. The highest BCUT2D eigenvalue weighted by Crippen LogP contribution is 2.39. The number of hydrogen-bond acceptors (Lipinski definition) is 10. The molecule has 310 valence electrons. The number of aromatic nitrogens is 1. The number of ether oxygens (including phenoxy) is 2. The molecular weight excluding hydrogens is 804 g/mol. The van der Waals surface area contributed by atoms with E-state index >= 15 is 0 Å². The molecule has 8 rings (SSSR count). The summed E-state index contributed by atoms with van der Waals surface area (Å²) < 4.78 is 41.6. The van der Waals surface area contributed by atoms with Crippen LogP contribution in [0.25, 0.3) is 22.0 Å². The summed E-state index contributed by atoms with van der Waals surface area (Å²) in [6.45, 7) is 6.54. The Morgan fingerprint density at radius 3 is 2.48 bits per heavy atom. The number of H-pyrrole nitrogens is 1. The Morgan fingerprint density at radius 1 is 0.950 bits per heavy atom. The summed E-state index contributed by atoms with van der Waals surface area (Å²) in [5.41, 5.74) is 4.72. The van der Waals surface area contributed by atoms with Crippen LogP contribution in [0.3, 0.4) is 0 Å². The van der Waals surface area contributed by atoms with Crippen LogP contribution in [0.2, 0.25) is 5.02 Å². The molecule has 15 heteroatoms. The number of nitro benzene ring substituents is 1. The van der Waals surface area contributed by atoms with Crippen LogP contribution in [-0.2, 0) is 14.8 Å². The number of anilines is 2. The molecule has 2 fully saturated rings. The first-order valence-corrected chi connectivity index (χ1v) is 21.8. The van der Waals surface area contributed by atoms with Gasteiger partial charge in [0.1, 0.15) is 11.4 Å². The van der Waals surface area contributed by atoms with Crippen molar-refractivity contribution in [2.24, 2.45) is 5.92 Å². The molecule has 60 heavy (non-hydrogen) atoms. The minimum absolute atomic E-state index is 0.0119. The van der Waals surface area contributed by atoms with E-state index in [0.717, 1.165) is 40.9 Å². The number of piperazine rings is 1. The van der Waals surface area contributed by atoms with E-state index in [-0.39, 0.29) is 29.0 Å². The lowest BCUT2D eigenvalue weighted by atomic mass is 9.94. The quantitative estimate of drug-likeness (QED) is 0.0756. The van der Waals surface area contributed by atoms with Crippen molar-refractivity contribution in [2.45, 2.75) is 30.7 Å². The van der Waals surface area contributed by atoms with Crippen molar-refractivity contribution >= 4 is 55.5 Å². The third kappa shape index (κ3) is 8.97. The molecule has 6 aromatic rings. The van der Waals surface area contributed by atoms with Crippen LogP contribution >= 0.6 is 11.6 Å². The number of carbonyl (C=O) groups is 1. The number of fused-ring (bicyclic) bond motifs is 1. The lowest BCUT2D eigenvalue weighted by molar-refractivity contribution is -0.384. The lowest BCUT2D eigenvalue weighted by Gasteiger charge is -2.40. The monoisotopic (exact) mass is 848 g/mol. The van der Waals surface area contributed by atoms with Crippen LogP contribution < -0.4 is 19.7 Å². The number of rotatable bonds is 13. The van der Waals surface area contributed by atoms with E-state index in [1.54, 1.807) is 12.1 Å². The number of nitro groups is 1. The molecule has 1 atom stereocenters. The van der Waals surface area contributed by atoms with Crippen LogP contribution in [0.15, 0.2) is 120 Å². The van der Waals surface area contributed by atoms with Gasteiger partial charge in [-0.15, -0.1) is 0 Å². The predicted octanol–water partition coefficient (Wildman–Crippen LogP) is 9.03. The molecule has 0 spiro atoms. The van der Waals surface area contributed by atoms with Gasteiger partial charge in [0.2, 0.25) is 0 Å². The van der Waals surface area contributed by atoms with Gasteiger partial charge in [0.15, 0.2) is 5.75 Å². The summed E-state index contributed by atoms with van der Waals surface area (Å²) in [5.74, 6) is -0.0239. The molecular formula is C45H45ClN6O7S. The molecule has 3 N–H and O–H groups in total. The first-order valence-electron chi connectivity index (χ1n) is 19.9. The summed E-state index contributed by atoms with van der Waals surface area (Å²) in [4.78, 5) is 32.9. The summed E-state index contributed by atoms with van der Waals surface area (Å²) in [6, 6.07) is 32.4. The first kappa shape index (κ1) is 40.8. The molecule has 0 aliphatic carbocycles. The number of halogens is 1. The number of hydrogen-bond donors (Lipinski definition) is 3. The minimum atomic E-state index is -4.57. The smallest absolute Gasteiger partial charge is 0.293 e. The van der Waals surface area contributed by atoms with Gasteiger partial charge < -0.3 is 24.7 Å². The van der Waals surface area contributed by atoms with Crippen LogP contribution in [0.5, 0.6) is 11.5 Å². The lowest BCUT2D eigenvalue weighted by Crippen LogP contribution is -2.47. The van der Waals surface area contributed by atoms with E-state index in [0.29, 0.717) is 62.4 Å². The highest BCUT2D eigenvalue weighted by molar-refractivity contribution is 7.90. The third-order valence-corrected chi connectivity index (χ3v) is 13.0. The Bertz CT molecular complexity index is 2620. The molecule has 1 aromatic heterocycles. The summed E-state index contributed by atoms with van der Waals surface area (Å²) in [7, 11) is -4.57. The summed E-state index contributed by atoms with van der Waals surface area (Å²) in [6.07, 6.45) is 3.46. The van der Waals surface area contributed by atoms with E-state index in [2.05, 4.69) is 49.9 Å². The SMILES string of the molecule is CC(c1ccccc1-c1ccc(Cl)cc1)N1CCN(c2cccc(C(=O)NS(=O)(=O)c3ccc(NCC4CCOCC4)c([N+](=O)[O-])c3)c2Oc2ccc3[nH]ccc3c2)CC1. The van der Waals surface area contributed by atoms with Gasteiger partial charge in [0, 0.05) is 80.2 Å². The number of nitrogens with zero attached hydrogens (tertiary/aromatic N) is 3. The fourth-order valence-corrected chi connectivity index (χ4v) is 9.10. The molecule has 2 aliphatic rings. The van der Waals surface area contributed by atoms with Crippen LogP contribution in [-0.4, -0.2) is 75.1 Å². The van der Waals surface area contributed by atoms with E-state index in [9.17, 15) is 23.3 Å². The van der Waals surface area contributed by atoms with Crippen LogP contribution in [0, 0.1) is 16.0 Å². The van der Waals surface area contributed by atoms with Crippen molar-refractivity contribution in [3.05, 3.63) is 142 Å². The fraction of sp³-hybridized carbons (Fsp3) is 0.267. The fourth-order valence-electron chi connectivity index (χ4n) is 7.99. The maximum absolute atomic E-state index is 14.1. The van der Waals surface area contributed by atoms with Gasteiger partial charge in [-0.1, -0.05) is 54.1 Å². The number of nitrogens with one attached hydrogen (secondary N) is 3.